The van der Waals surface area contributed by atoms with Crippen LogP contribution in [-0.2, 0) is 0 Å². The Balaban J connectivity index is 0.000000124. The standard InChI is InChI=1S/C44H27N3.C22H13N.C21H14BrN3.CH4.B/c1-3-13-27(14-4-1)42-45-43(28-15-5-2-6-16-28)47-44(46-42)30-18-11-17-29(25-30)39-34-22-10-9-21-33(34)38-26-37-32-20-8-7-19-31(32)35-23-12-24-36(40(35)37)41(38)39;1-2-7-14-13(6-1)16-9-5-10-17-21(16)18(14)12-19-15-8-3-4-11-20(15)23-22(17)19;22-18-13-7-12-17(14-18)21-24-19(15-8-3-1-4-9-15)23-20(25-21)16-10-5-2-6-11-16;;/h1-26,39H;1-12,23H;1-14H;1H4;. The summed E-state index contributed by atoms with van der Waals surface area (Å²) in [5, 5.41) is 8.01. The Labute approximate surface area is 572 Å². The topological polar surface area (TPSA) is 93.1 Å². The summed E-state index contributed by atoms with van der Waals surface area (Å²) in [4.78, 5) is 32.7. The van der Waals surface area contributed by atoms with E-state index < -0.39 is 0 Å². The molecule has 455 valence electrons. The summed E-state index contributed by atoms with van der Waals surface area (Å²) in [5.41, 5.74) is 25.6. The second-order valence-electron chi connectivity index (χ2n) is 24.2. The molecule has 3 aliphatic carbocycles. The van der Waals surface area contributed by atoms with E-state index in [-0.39, 0.29) is 21.8 Å². The molecule has 3 aromatic heterocycles. The van der Waals surface area contributed by atoms with Crippen molar-refractivity contribution in [2.45, 2.75) is 13.3 Å². The number of aromatic nitrogens is 7. The molecule has 0 spiro atoms. The van der Waals surface area contributed by atoms with Crippen LogP contribution in [0.25, 0.3) is 167 Å². The summed E-state index contributed by atoms with van der Waals surface area (Å²) < 4.78 is 0.993. The summed E-state index contributed by atoms with van der Waals surface area (Å²) in [6.45, 7) is 0. The Morgan fingerprint density at radius 1 is 0.268 bits per heavy atom. The molecule has 0 saturated heterocycles. The number of nitrogens with one attached hydrogen (secondary N) is 1. The SMILES string of the molecule is Brc1cccc(-c2nc(-c3ccccc3)nc(-c3ccccc3)n2)c1.C.[B].c1ccc(-c2nc(-c3ccccc3)nc(-c3cccc(C4c5ccccc5-c5cc6c7c(cccc7c54)-c4ccccc4-6)c3)n2)cc1.c1ccc2c(c1)-c1cccc3c1c-2cc1c2ccccc2[nH]c31. The summed E-state index contributed by atoms with van der Waals surface area (Å²) in [6.07, 6.45) is 0. The number of hydrogen-bond acceptors (Lipinski definition) is 6. The van der Waals surface area contributed by atoms with E-state index in [0.717, 1.165) is 37.9 Å². The van der Waals surface area contributed by atoms with Gasteiger partial charge in [0.05, 0.1) is 5.52 Å². The van der Waals surface area contributed by atoms with Gasteiger partial charge in [-0.2, -0.15) is 0 Å². The Kier molecular flexibility index (Phi) is 15.5. The second kappa shape index (κ2) is 25.0. The van der Waals surface area contributed by atoms with Gasteiger partial charge in [-0.15, -0.1) is 0 Å². The summed E-state index contributed by atoms with van der Waals surface area (Å²) in [7, 11) is 0. The lowest BCUT2D eigenvalue weighted by atomic mass is 9.85. The minimum atomic E-state index is 0. The van der Waals surface area contributed by atoms with E-state index in [1.165, 1.54) is 116 Å². The second-order valence-corrected chi connectivity index (χ2v) is 25.1. The summed E-state index contributed by atoms with van der Waals surface area (Å²) >= 11 is 3.52. The maximum Gasteiger partial charge on any atom is 0.164 e. The Morgan fingerprint density at radius 2 is 0.639 bits per heavy atom. The first-order chi connectivity index (χ1) is 47.0. The predicted molar refractivity (Wildman–Crippen MR) is 405 cm³/mol. The fraction of sp³-hybridized carbons (Fsp3) is 0.0227. The van der Waals surface area contributed by atoms with E-state index in [9.17, 15) is 0 Å². The van der Waals surface area contributed by atoms with E-state index in [0.29, 0.717) is 34.9 Å². The molecule has 1 unspecified atom stereocenters. The van der Waals surface area contributed by atoms with Crippen LogP contribution in [0.2, 0.25) is 0 Å². The first-order valence-electron chi connectivity index (χ1n) is 32.0. The summed E-state index contributed by atoms with van der Waals surface area (Å²) in [5.74, 6) is 4.09. The maximum absolute atomic E-state index is 5.04. The first kappa shape index (κ1) is 59.9. The van der Waals surface area contributed by atoms with Crippen molar-refractivity contribution in [3.05, 3.63) is 337 Å². The fourth-order valence-electron chi connectivity index (χ4n) is 14.5. The number of benzene rings is 14. The van der Waals surface area contributed by atoms with Gasteiger partial charge in [0.2, 0.25) is 0 Å². The normalized spacial score (nSPS) is 12.3. The lowest BCUT2D eigenvalue weighted by Gasteiger charge is -2.18. The van der Waals surface area contributed by atoms with Gasteiger partial charge in [-0.25, -0.2) is 29.9 Å². The van der Waals surface area contributed by atoms with Crippen LogP contribution in [0.15, 0.2) is 320 Å². The largest absolute Gasteiger partial charge is 0.354 e. The molecule has 9 heteroatoms. The molecule has 3 radical (unpaired) electrons. The van der Waals surface area contributed by atoms with Crippen molar-refractivity contribution in [3.8, 4) is 124 Å². The van der Waals surface area contributed by atoms with Gasteiger partial charge in [-0.05, 0) is 125 Å². The molecule has 0 bridgehead atoms. The number of H-pyrrole nitrogens is 1. The number of aromatic amines is 1. The highest BCUT2D eigenvalue weighted by atomic mass is 79.9. The van der Waals surface area contributed by atoms with Crippen LogP contribution in [0.5, 0.6) is 0 Å². The van der Waals surface area contributed by atoms with Gasteiger partial charge in [-0.3, -0.25) is 0 Å². The zero-order chi connectivity index (χ0) is 62.9. The molecular formula is C88H58BBrN7. The van der Waals surface area contributed by atoms with Crippen molar-refractivity contribution in [2.75, 3.05) is 0 Å². The van der Waals surface area contributed by atoms with Crippen molar-refractivity contribution in [1.82, 2.24) is 34.9 Å². The molecule has 1 N–H and O–H groups in total. The monoisotopic (exact) mass is 1300 g/mol. The van der Waals surface area contributed by atoms with Gasteiger partial charge in [-0.1, -0.05) is 302 Å². The molecule has 0 amide bonds. The average Bonchev–Trinajstić information content (AvgIpc) is 1.54. The van der Waals surface area contributed by atoms with E-state index in [2.05, 4.69) is 220 Å². The third-order valence-corrected chi connectivity index (χ3v) is 19.2. The molecule has 14 aromatic carbocycles. The Bertz CT molecular complexity index is 5760. The zero-order valence-corrected chi connectivity index (χ0v) is 53.3. The van der Waals surface area contributed by atoms with Gasteiger partial charge in [0.25, 0.3) is 0 Å². The Hall–Kier alpha value is -12.0. The number of nitrogens with zero attached hydrogens (tertiary/aromatic N) is 6. The van der Waals surface area contributed by atoms with E-state index in [1.807, 2.05) is 121 Å². The van der Waals surface area contributed by atoms with Crippen LogP contribution in [-0.4, -0.2) is 43.3 Å². The van der Waals surface area contributed by atoms with Crippen molar-refractivity contribution >= 4 is 67.7 Å². The van der Waals surface area contributed by atoms with Crippen LogP contribution in [0.4, 0.5) is 0 Å². The highest BCUT2D eigenvalue weighted by Crippen LogP contribution is 2.57. The van der Waals surface area contributed by atoms with Gasteiger partial charge in [0, 0.05) is 73.9 Å². The lowest BCUT2D eigenvalue weighted by molar-refractivity contribution is 1.02. The predicted octanol–water partition coefficient (Wildman–Crippen LogP) is 22.8. The fourth-order valence-corrected chi connectivity index (χ4v) is 14.9. The summed E-state index contributed by atoms with van der Waals surface area (Å²) in [6, 6.07) is 110. The van der Waals surface area contributed by atoms with Crippen LogP contribution in [0.1, 0.15) is 30.0 Å². The van der Waals surface area contributed by atoms with E-state index >= 15 is 0 Å². The molecule has 0 saturated carbocycles. The third kappa shape index (κ3) is 10.5. The van der Waals surface area contributed by atoms with Crippen molar-refractivity contribution in [1.29, 1.82) is 0 Å². The molecule has 20 rings (SSSR count). The molecule has 0 aliphatic heterocycles. The van der Waals surface area contributed by atoms with Crippen LogP contribution >= 0.6 is 15.9 Å². The number of para-hydroxylation sites is 1. The highest BCUT2D eigenvalue weighted by molar-refractivity contribution is 9.10. The van der Waals surface area contributed by atoms with Crippen LogP contribution < -0.4 is 0 Å². The molecular weight excluding hydrogens is 1250 g/mol. The molecule has 97 heavy (non-hydrogen) atoms. The van der Waals surface area contributed by atoms with Crippen molar-refractivity contribution < 1.29 is 0 Å². The number of hydrogen-bond donors (Lipinski definition) is 1. The zero-order valence-electron chi connectivity index (χ0n) is 51.7. The third-order valence-electron chi connectivity index (χ3n) is 18.7. The van der Waals surface area contributed by atoms with Gasteiger partial charge >= 0.3 is 0 Å². The number of fused-ring (bicyclic) bond motifs is 14. The van der Waals surface area contributed by atoms with Gasteiger partial charge < -0.3 is 4.98 Å². The molecule has 7 nitrogen and oxygen atoms in total. The molecule has 17 aromatic rings. The Morgan fingerprint density at radius 3 is 1.16 bits per heavy atom. The first-order valence-corrected chi connectivity index (χ1v) is 32.8. The van der Waals surface area contributed by atoms with Crippen LogP contribution in [0.3, 0.4) is 0 Å². The average molecular weight is 1300 g/mol. The molecule has 3 aliphatic rings. The van der Waals surface area contributed by atoms with Gasteiger partial charge in [0.1, 0.15) is 0 Å². The van der Waals surface area contributed by atoms with E-state index in [4.69, 9.17) is 24.9 Å². The number of rotatable bonds is 7. The molecule has 3 heterocycles. The highest BCUT2D eigenvalue weighted by Gasteiger charge is 2.35. The lowest BCUT2D eigenvalue weighted by Crippen LogP contribution is -2.03. The smallest absolute Gasteiger partial charge is 0.164 e. The molecule has 0 fully saturated rings. The minimum Gasteiger partial charge on any atom is -0.354 e. The minimum absolute atomic E-state index is 0. The number of halogens is 1. The van der Waals surface area contributed by atoms with Crippen molar-refractivity contribution in [3.63, 3.8) is 0 Å². The molecule has 1 atom stereocenters. The van der Waals surface area contributed by atoms with Gasteiger partial charge in [0.15, 0.2) is 34.9 Å². The maximum atomic E-state index is 5.04. The van der Waals surface area contributed by atoms with Crippen LogP contribution in [0, 0.1) is 0 Å². The van der Waals surface area contributed by atoms with E-state index in [1.54, 1.807) is 0 Å². The quantitative estimate of drug-likeness (QED) is 0.160. The van der Waals surface area contributed by atoms with Crippen molar-refractivity contribution in [2.24, 2.45) is 0 Å².